The van der Waals surface area contributed by atoms with E-state index in [0.29, 0.717) is 12.8 Å². The predicted molar refractivity (Wildman–Crippen MR) is 107 cm³/mol. The molecule has 0 aromatic carbocycles. The van der Waals surface area contributed by atoms with Crippen LogP contribution < -0.4 is 0 Å². The number of unbranched alkanes of at least 4 members (excludes halogenated alkanes) is 11. The highest BCUT2D eigenvalue weighted by Gasteiger charge is 2.06. The van der Waals surface area contributed by atoms with E-state index in [9.17, 15) is 9.90 Å². The summed E-state index contributed by atoms with van der Waals surface area (Å²) < 4.78 is 5.02. The summed E-state index contributed by atoms with van der Waals surface area (Å²) in [5.74, 6) is -0.172. The number of allylic oxidation sites excluding steroid dienone is 2. The van der Waals surface area contributed by atoms with E-state index >= 15 is 0 Å². The summed E-state index contributed by atoms with van der Waals surface area (Å²) in [6, 6.07) is 0. The lowest BCUT2D eigenvalue weighted by molar-refractivity contribution is -0.146. The van der Waals surface area contributed by atoms with Crippen LogP contribution in [0.5, 0.6) is 0 Å². The lowest BCUT2D eigenvalue weighted by Crippen LogP contribution is -2.17. The van der Waals surface area contributed by atoms with E-state index in [1.54, 1.807) is 0 Å². The van der Waals surface area contributed by atoms with Crippen molar-refractivity contribution >= 4 is 5.97 Å². The van der Waals surface area contributed by atoms with Crippen LogP contribution in [0.1, 0.15) is 110 Å². The zero-order valence-electron chi connectivity index (χ0n) is 16.8. The van der Waals surface area contributed by atoms with Crippen LogP contribution in [0.25, 0.3) is 0 Å². The quantitative estimate of drug-likeness (QED) is 0.177. The molecule has 3 nitrogen and oxygen atoms in total. The SMILES string of the molecule is CCCCCC/C=C\CCCCCCCCCC(=O)OCC(O)CC. The molecule has 0 heterocycles. The Morgan fingerprint density at radius 1 is 0.840 bits per heavy atom. The Hall–Kier alpha value is -0.830. The maximum absolute atomic E-state index is 11.5. The molecule has 0 spiro atoms. The number of esters is 1. The van der Waals surface area contributed by atoms with Crippen LogP contribution in [0.15, 0.2) is 12.2 Å². The minimum atomic E-state index is -0.514. The molecule has 3 heteroatoms. The fourth-order valence-electron chi connectivity index (χ4n) is 2.72. The maximum atomic E-state index is 11.5. The van der Waals surface area contributed by atoms with Crippen LogP contribution in [0.4, 0.5) is 0 Å². The maximum Gasteiger partial charge on any atom is 0.305 e. The highest BCUT2D eigenvalue weighted by atomic mass is 16.5. The van der Waals surface area contributed by atoms with Gasteiger partial charge in [-0.15, -0.1) is 0 Å². The van der Waals surface area contributed by atoms with Crippen LogP contribution in [-0.4, -0.2) is 23.8 Å². The van der Waals surface area contributed by atoms with Crippen LogP contribution in [0, 0.1) is 0 Å². The first-order chi connectivity index (χ1) is 12.2. The van der Waals surface area contributed by atoms with Crippen molar-refractivity contribution in [1.29, 1.82) is 0 Å². The average molecular weight is 355 g/mol. The highest BCUT2D eigenvalue weighted by Crippen LogP contribution is 2.11. The second-order valence-corrected chi connectivity index (χ2v) is 7.08. The zero-order valence-corrected chi connectivity index (χ0v) is 16.8. The average Bonchev–Trinajstić information content (AvgIpc) is 2.62. The lowest BCUT2D eigenvalue weighted by atomic mass is 10.1. The number of aliphatic hydroxyl groups is 1. The predicted octanol–water partition coefficient (Wildman–Crippen LogP) is 6.34. The first kappa shape index (κ1) is 24.2. The Morgan fingerprint density at radius 2 is 1.36 bits per heavy atom. The monoisotopic (exact) mass is 354 g/mol. The molecule has 0 radical (unpaired) electrons. The standard InChI is InChI=1S/C22H42O3/c1-3-5-6-7-8-9-10-11-12-13-14-15-16-17-18-19-22(24)25-20-21(23)4-2/h9-10,21,23H,3-8,11-20H2,1-2H3/b10-9-. The summed E-state index contributed by atoms with van der Waals surface area (Å²) in [6.07, 6.45) is 21.6. The number of aliphatic hydroxyl groups excluding tert-OH is 1. The van der Waals surface area contributed by atoms with Crippen molar-refractivity contribution in [2.75, 3.05) is 6.61 Å². The largest absolute Gasteiger partial charge is 0.463 e. The molecule has 0 aliphatic heterocycles. The first-order valence-electron chi connectivity index (χ1n) is 10.7. The van der Waals surface area contributed by atoms with Gasteiger partial charge in [-0.1, -0.05) is 77.4 Å². The fraction of sp³-hybridized carbons (Fsp3) is 0.864. The van der Waals surface area contributed by atoms with E-state index in [0.717, 1.165) is 12.8 Å². The molecule has 25 heavy (non-hydrogen) atoms. The van der Waals surface area contributed by atoms with Crippen LogP contribution in [0.3, 0.4) is 0 Å². The van der Waals surface area contributed by atoms with Crippen LogP contribution in [-0.2, 0) is 9.53 Å². The Labute approximate surface area is 156 Å². The molecule has 1 unspecified atom stereocenters. The normalized spacial score (nSPS) is 12.6. The summed E-state index contributed by atoms with van der Waals surface area (Å²) in [5, 5.41) is 9.33. The van der Waals surface area contributed by atoms with Crippen molar-refractivity contribution in [3.63, 3.8) is 0 Å². The van der Waals surface area contributed by atoms with E-state index in [4.69, 9.17) is 4.74 Å². The molecule has 0 aliphatic rings. The van der Waals surface area contributed by atoms with Crippen molar-refractivity contribution in [2.24, 2.45) is 0 Å². The summed E-state index contributed by atoms with van der Waals surface area (Å²) in [7, 11) is 0. The van der Waals surface area contributed by atoms with Crippen molar-refractivity contribution in [3.8, 4) is 0 Å². The summed E-state index contributed by atoms with van der Waals surface area (Å²) in [4.78, 5) is 11.5. The summed E-state index contributed by atoms with van der Waals surface area (Å²) >= 11 is 0. The fourth-order valence-corrected chi connectivity index (χ4v) is 2.72. The van der Waals surface area contributed by atoms with Crippen molar-refractivity contribution in [1.82, 2.24) is 0 Å². The van der Waals surface area contributed by atoms with E-state index < -0.39 is 6.10 Å². The number of carbonyl (C=O) groups excluding carboxylic acids is 1. The molecule has 1 atom stereocenters. The zero-order chi connectivity index (χ0) is 18.6. The molecule has 148 valence electrons. The molecule has 0 aromatic rings. The van der Waals surface area contributed by atoms with E-state index in [1.807, 2.05) is 6.92 Å². The van der Waals surface area contributed by atoms with Crippen LogP contribution >= 0.6 is 0 Å². The van der Waals surface area contributed by atoms with Gasteiger partial charge < -0.3 is 9.84 Å². The highest BCUT2D eigenvalue weighted by molar-refractivity contribution is 5.69. The summed E-state index contributed by atoms with van der Waals surface area (Å²) in [5.41, 5.74) is 0. The number of rotatable bonds is 18. The van der Waals surface area contributed by atoms with Crippen molar-refractivity contribution < 1.29 is 14.6 Å². The van der Waals surface area contributed by atoms with Gasteiger partial charge in [0, 0.05) is 6.42 Å². The molecule has 0 rings (SSSR count). The van der Waals surface area contributed by atoms with Gasteiger partial charge >= 0.3 is 5.97 Å². The Kier molecular flexibility index (Phi) is 18.8. The number of hydrogen-bond donors (Lipinski definition) is 1. The van der Waals surface area contributed by atoms with Gasteiger partial charge in [0.15, 0.2) is 0 Å². The van der Waals surface area contributed by atoms with Crippen LogP contribution in [0.2, 0.25) is 0 Å². The lowest BCUT2D eigenvalue weighted by Gasteiger charge is -2.08. The minimum Gasteiger partial charge on any atom is -0.463 e. The molecule has 0 fully saturated rings. The van der Waals surface area contributed by atoms with Gasteiger partial charge in [0.25, 0.3) is 0 Å². The third kappa shape index (κ3) is 19.3. The molecular weight excluding hydrogens is 312 g/mol. The van der Waals surface area contributed by atoms with Crippen molar-refractivity contribution in [3.05, 3.63) is 12.2 Å². The van der Waals surface area contributed by atoms with Gasteiger partial charge in [0.05, 0.1) is 6.10 Å². The van der Waals surface area contributed by atoms with Gasteiger partial charge in [0.2, 0.25) is 0 Å². The third-order valence-corrected chi connectivity index (χ3v) is 4.55. The number of carbonyl (C=O) groups is 1. The molecule has 0 aromatic heterocycles. The van der Waals surface area contributed by atoms with E-state index in [2.05, 4.69) is 19.1 Å². The first-order valence-corrected chi connectivity index (χ1v) is 10.7. The Bertz CT molecular complexity index is 312. The topological polar surface area (TPSA) is 46.5 Å². The minimum absolute atomic E-state index is 0.141. The molecule has 0 aliphatic carbocycles. The smallest absolute Gasteiger partial charge is 0.305 e. The third-order valence-electron chi connectivity index (χ3n) is 4.55. The molecule has 1 N–H and O–H groups in total. The molecule has 0 bridgehead atoms. The van der Waals surface area contributed by atoms with Gasteiger partial charge in [-0.25, -0.2) is 0 Å². The Morgan fingerprint density at radius 3 is 1.92 bits per heavy atom. The molecule has 0 saturated heterocycles. The summed E-state index contributed by atoms with van der Waals surface area (Å²) in [6.45, 7) is 4.27. The molecule has 0 amide bonds. The second-order valence-electron chi connectivity index (χ2n) is 7.08. The van der Waals surface area contributed by atoms with E-state index in [1.165, 1.54) is 70.6 Å². The second kappa shape index (κ2) is 19.5. The van der Waals surface area contributed by atoms with Gasteiger partial charge in [0.1, 0.15) is 6.61 Å². The van der Waals surface area contributed by atoms with Gasteiger partial charge in [-0.3, -0.25) is 4.79 Å². The van der Waals surface area contributed by atoms with Gasteiger partial charge in [-0.05, 0) is 38.5 Å². The Balaban J connectivity index is 3.21. The van der Waals surface area contributed by atoms with Gasteiger partial charge in [-0.2, -0.15) is 0 Å². The van der Waals surface area contributed by atoms with E-state index in [-0.39, 0.29) is 12.6 Å². The molecule has 0 saturated carbocycles. The molecular formula is C22H42O3. The van der Waals surface area contributed by atoms with Crippen molar-refractivity contribution in [2.45, 2.75) is 116 Å². The number of hydrogen-bond acceptors (Lipinski definition) is 3. The number of ether oxygens (including phenoxy) is 1.